The Bertz CT molecular complexity index is 965. The fourth-order valence-electron chi connectivity index (χ4n) is 4.19. The summed E-state index contributed by atoms with van der Waals surface area (Å²) < 4.78 is 10.9. The minimum atomic E-state index is -0.00479. The minimum absolute atomic E-state index is 0.00479. The van der Waals surface area contributed by atoms with Crippen LogP contribution in [0, 0.1) is 18.3 Å². The van der Waals surface area contributed by atoms with Crippen molar-refractivity contribution in [1.82, 2.24) is 9.88 Å². The monoisotopic (exact) mass is 394 g/mol. The maximum Gasteiger partial charge on any atom is 0.257 e. The minimum Gasteiger partial charge on any atom is -0.469 e. The Labute approximate surface area is 170 Å². The zero-order valence-electron chi connectivity index (χ0n) is 17.2. The number of aryl methyl sites for hydroxylation is 1. The average molecular weight is 394 g/mol. The standard InChI is InChI=1S/C22H26N4O3/c1-14(2)20-19-13-28-10-4-17(19)18(12-23)21(24-20)25-6-8-26(9-7-25)22(27)16-5-11-29-15(16)3/h5,11,14H,4,6-10,13H2,1-3H3. The average Bonchev–Trinajstić information content (AvgIpc) is 3.17. The molecule has 2 aromatic rings. The number of amides is 1. The van der Waals surface area contributed by atoms with Crippen LogP contribution in [0.5, 0.6) is 0 Å². The molecule has 0 atom stereocenters. The Morgan fingerprint density at radius 2 is 2.00 bits per heavy atom. The molecule has 0 bridgehead atoms. The SMILES string of the molecule is Cc1occc1C(=O)N1CCN(c2nc(C(C)C)c3c(c2C#N)CCOC3)CC1. The molecular formula is C22H26N4O3. The number of rotatable bonds is 3. The molecule has 7 heteroatoms. The molecule has 0 radical (unpaired) electrons. The van der Waals surface area contributed by atoms with Crippen LogP contribution in [0.3, 0.4) is 0 Å². The third kappa shape index (κ3) is 3.49. The second kappa shape index (κ2) is 7.88. The van der Waals surface area contributed by atoms with Crippen molar-refractivity contribution in [3.05, 3.63) is 46.0 Å². The lowest BCUT2D eigenvalue weighted by molar-refractivity contribution is 0.0744. The van der Waals surface area contributed by atoms with Crippen LogP contribution in [-0.4, -0.2) is 48.6 Å². The molecule has 2 aromatic heterocycles. The quantitative estimate of drug-likeness (QED) is 0.796. The van der Waals surface area contributed by atoms with Gasteiger partial charge in [-0.05, 0) is 30.9 Å². The second-order valence-corrected chi connectivity index (χ2v) is 7.89. The summed E-state index contributed by atoms with van der Waals surface area (Å²) >= 11 is 0. The van der Waals surface area contributed by atoms with Crippen LogP contribution in [0.2, 0.25) is 0 Å². The number of carbonyl (C=O) groups excluding carboxylic acids is 1. The van der Waals surface area contributed by atoms with E-state index in [9.17, 15) is 10.1 Å². The molecule has 0 saturated carbocycles. The molecule has 152 valence electrons. The van der Waals surface area contributed by atoms with Gasteiger partial charge in [-0.15, -0.1) is 0 Å². The Morgan fingerprint density at radius 1 is 1.24 bits per heavy atom. The summed E-state index contributed by atoms with van der Waals surface area (Å²) in [6, 6.07) is 4.12. The lowest BCUT2D eigenvalue weighted by atomic mass is 9.92. The number of hydrogen-bond donors (Lipinski definition) is 0. The molecule has 29 heavy (non-hydrogen) atoms. The van der Waals surface area contributed by atoms with Crippen molar-refractivity contribution in [1.29, 1.82) is 5.26 Å². The largest absolute Gasteiger partial charge is 0.469 e. The number of nitriles is 1. The molecule has 4 rings (SSSR count). The summed E-state index contributed by atoms with van der Waals surface area (Å²) in [5, 5.41) is 9.90. The normalized spacial score (nSPS) is 16.7. The Balaban J connectivity index is 1.60. The van der Waals surface area contributed by atoms with Crippen molar-refractivity contribution in [2.24, 2.45) is 0 Å². The summed E-state index contributed by atoms with van der Waals surface area (Å²) in [4.78, 5) is 21.7. The van der Waals surface area contributed by atoms with E-state index < -0.39 is 0 Å². The predicted molar refractivity (Wildman–Crippen MR) is 108 cm³/mol. The van der Waals surface area contributed by atoms with E-state index in [4.69, 9.17) is 14.1 Å². The van der Waals surface area contributed by atoms with E-state index in [1.807, 2.05) is 4.90 Å². The molecule has 0 N–H and O–H groups in total. The number of pyridine rings is 1. The number of furan rings is 1. The van der Waals surface area contributed by atoms with Gasteiger partial charge in [-0.1, -0.05) is 13.8 Å². The molecule has 2 aliphatic rings. The van der Waals surface area contributed by atoms with Gasteiger partial charge < -0.3 is 19.0 Å². The molecule has 2 aliphatic heterocycles. The molecule has 0 unspecified atom stereocenters. The fraction of sp³-hybridized carbons (Fsp3) is 0.500. The molecule has 1 fully saturated rings. The van der Waals surface area contributed by atoms with Crippen LogP contribution >= 0.6 is 0 Å². The van der Waals surface area contributed by atoms with Gasteiger partial charge >= 0.3 is 0 Å². The van der Waals surface area contributed by atoms with Crippen LogP contribution in [0.25, 0.3) is 0 Å². The van der Waals surface area contributed by atoms with E-state index in [0.717, 1.165) is 29.1 Å². The third-order valence-electron chi connectivity index (χ3n) is 5.78. The summed E-state index contributed by atoms with van der Waals surface area (Å²) in [6.45, 7) is 9.69. The molecule has 0 aromatic carbocycles. The molecule has 0 aliphatic carbocycles. The Hall–Kier alpha value is -2.85. The van der Waals surface area contributed by atoms with Gasteiger partial charge in [0.15, 0.2) is 0 Å². The van der Waals surface area contributed by atoms with Crippen molar-refractivity contribution in [3.8, 4) is 6.07 Å². The summed E-state index contributed by atoms with van der Waals surface area (Å²) in [7, 11) is 0. The van der Waals surface area contributed by atoms with E-state index in [0.29, 0.717) is 56.3 Å². The maximum atomic E-state index is 12.7. The smallest absolute Gasteiger partial charge is 0.257 e. The van der Waals surface area contributed by atoms with Crippen molar-refractivity contribution in [2.45, 2.75) is 39.7 Å². The van der Waals surface area contributed by atoms with E-state index in [-0.39, 0.29) is 11.8 Å². The maximum absolute atomic E-state index is 12.7. The molecule has 0 spiro atoms. The zero-order valence-corrected chi connectivity index (χ0v) is 17.2. The molecule has 1 saturated heterocycles. The van der Waals surface area contributed by atoms with Gasteiger partial charge in [-0.2, -0.15) is 5.26 Å². The van der Waals surface area contributed by atoms with Crippen LogP contribution in [-0.2, 0) is 17.8 Å². The highest BCUT2D eigenvalue weighted by atomic mass is 16.5. The van der Waals surface area contributed by atoms with Crippen LogP contribution < -0.4 is 4.90 Å². The fourth-order valence-corrected chi connectivity index (χ4v) is 4.19. The number of anilines is 1. The summed E-state index contributed by atoms with van der Waals surface area (Å²) in [5.41, 5.74) is 4.46. The van der Waals surface area contributed by atoms with Crippen LogP contribution in [0.1, 0.15) is 58.3 Å². The van der Waals surface area contributed by atoms with Gasteiger partial charge in [0.05, 0.1) is 36.3 Å². The van der Waals surface area contributed by atoms with E-state index in [2.05, 4.69) is 24.8 Å². The van der Waals surface area contributed by atoms with Crippen molar-refractivity contribution >= 4 is 11.7 Å². The molecule has 4 heterocycles. The third-order valence-corrected chi connectivity index (χ3v) is 5.78. The van der Waals surface area contributed by atoms with E-state index in [1.165, 1.54) is 0 Å². The van der Waals surface area contributed by atoms with E-state index >= 15 is 0 Å². The van der Waals surface area contributed by atoms with Crippen LogP contribution in [0.15, 0.2) is 16.7 Å². The van der Waals surface area contributed by atoms with Gasteiger partial charge in [0.25, 0.3) is 5.91 Å². The first kappa shape index (κ1) is 19.5. The first-order valence-corrected chi connectivity index (χ1v) is 10.1. The lowest BCUT2D eigenvalue weighted by Crippen LogP contribution is -2.49. The van der Waals surface area contributed by atoms with Gasteiger partial charge in [0.2, 0.25) is 0 Å². The number of aromatic nitrogens is 1. The van der Waals surface area contributed by atoms with E-state index in [1.54, 1.807) is 19.3 Å². The number of fused-ring (bicyclic) bond motifs is 1. The highest BCUT2D eigenvalue weighted by Gasteiger charge is 2.29. The van der Waals surface area contributed by atoms with Gasteiger partial charge in [0.1, 0.15) is 17.6 Å². The zero-order chi connectivity index (χ0) is 20.5. The molecule has 1 amide bonds. The second-order valence-electron chi connectivity index (χ2n) is 7.89. The lowest BCUT2D eigenvalue weighted by Gasteiger charge is -2.37. The van der Waals surface area contributed by atoms with Crippen molar-refractivity contribution in [2.75, 3.05) is 37.7 Å². The van der Waals surface area contributed by atoms with Crippen molar-refractivity contribution in [3.63, 3.8) is 0 Å². The van der Waals surface area contributed by atoms with Crippen LogP contribution in [0.4, 0.5) is 5.82 Å². The number of ether oxygens (including phenoxy) is 1. The number of piperazine rings is 1. The number of nitrogens with zero attached hydrogens (tertiary/aromatic N) is 4. The Morgan fingerprint density at radius 3 is 2.62 bits per heavy atom. The van der Waals surface area contributed by atoms with Gasteiger partial charge in [-0.25, -0.2) is 4.98 Å². The number of hydrogen-bond acceptors (Lipinski definition) is 6. The summed E-state index contributed by atoms with van der Waals surface area (Å²) in [5.74, 6) is 1.64. The first-order chi connectivity index (χ1) is 14.0. The Kier molecular flexibility index (Phi) is 5.29. The van der Waals surface area contributed by atoms with Gasteiger partial charge in [0, 0.05) is 31.7 Å². The highest BCUT2D eigenvalue weighted by Crippen LogP contribution is 2.33. The first-order valence-electron chi connectivity index (χ1n) is 10.1. The topological polar surface area (TPSA) is 82.6 Å². The summed E-state index contributed by atoms with van der Waals surface area (Å²) in [6.07, 6.45) is 2.29. The predicted octanol–water partition coefficient (Wildman–Crippen LogP) is 3.01. The molecular weight excluding hydrogens is 368 g/mol. The number of carbonyl (C=O) groups is 1. The van der Waals surface area contributed by atoms with Crippen molar-refractivity contribution < 1.29 is 13.9 Å². The molecule has 7 nitrogen and oxygen atoms in total. The highest BCUT2D eigenvalue weighted by molar-refractivity contribution is 5.95. The van der Waals surface area contributed by atoms with Gasteiger partial charge in [-0.3, -0.25) is 4.79 Å².